The minimum absolute atomic E-state index is 0.251. The Kier molecular flexibility index (Phi) is 5.35. The van der Waals surface area contributed by atoms with Crippen LogP contribution in [-0.4, -0.2) is 47.2 Å². The zero-order valence-corrected chi connectivity index (χ0v) is 17.3. The first-order chi connectivity index (χ1) is 15.3. The van der Waals surface area contributed by atoms with E-state index >= 15 is 0 Å². The van der Waals surface area contributed by atoms with Crippen LogP contribution in [0.4, 0.5) is 27.8 Å². The van der Waals surface area contributed by atoms with E-state index in [2.05, 4.69) is 49.8 Å². The predicted molar refractivity (Wildman–Crippen MR) is 123 cm³/mol. The van der Waals surface area contributed by atoms with Crippen LogP contribution < -0.4 is 20.4 Å². The largest absolute Gasteiger partial charge is 0.382 e. The summed E-state index contributed by atoms with van der Waals surface area (Å²) in [7, 11) is 0. The Morgan fingerprint density at radius 1 is 1.03 bits per heavy atom. The lowest BCUT2D eigenvalue weighted by atomic mass is 10.1. The molecule has 0 aliphatic carbocycles. The van der Waals surface area contributed by atoms with Crippen molar-refractivity contribution in [3.05, 3.63) is 55.0 Å². The number of rotatable bonds is 3. The standard InChI is InChI=1S/C23H25N7O/c31-23(28-21-9-11-24-16-26-21)30-14-4-10-25-20-8-7-19(27-22(20)30)17-5-3-6-18(15-17)29-12-1-2-13-29/h3,5-9,11,15-16,25H,1-2,4,10,12-14H2,(H,24,26,28,31). The summed E-state index contributed by atoms with van der Waals surface area (Å²) >= 11 is 0. The van der Waals surface area contributed by atoms with Crippen LogP contribution >= 0.6 is 0 Å². The molecular formula is C23H25N7O. The average Bonchev–Trinajstić information content (AvgIpc) is 3.27. The molecule has 0 spiro atoms. The molecule has 2 aromatic heterocycles. The van der Waals surface area contributed by atoms with Crippen molar-refractivity contribution in [2.24, 2.45) is 0 Å². The second kappa shape index (κ2) is 8.59. The molecule has 5 rings (SSSR count). The molecule has 0 atom stereocenters. The van der Waals surface area contributed by atoms with Gasteiger partial charge in [0, 0.05) is 43.6 Å². The van der Waals surface area contributed by atoms with Gasteiger partial charge in [-0.15, -0.1) is 0 Å². The number of hydrogen-bond acceptors (Lipinski definition) is 6. The number of benzene rings is 1. The number of pyridine rings is 1. The highest BCUT2D eigenvalue weighted by Gasteiger charge is 2.24. The highest BCUT2D eigenvalue weighted by atomic mass is 16.2. The van der Waals surface area contributed by atoms with Crippen molar-refractivity contribution >= 4 is 29.0 Å². The summed E-state index contributed by atoms with van der Waals surface area (Å²) in [5.74, 6) is 1.10. The number of aromatic nitrogens is 3. The summed E-state index contributed by atoms with van der Waals surface area (Å²) in [4.78, 5) is 30.0. The second-order valence-corrected chi connectivity index (χ2v) is 7.77. The van der Waals surface area contributed by atoms with Crippen molar-refractivity contribution in [3.8, 4) is 11.3 Å². The van der Waals surface area contributed by atoms with Crippen molar-refractivity contribution in [1.82, 2.24) is 15.0 Å². The van der Waals surface area contributed by atoms with E-state index in [9.17, 15) is 4.79 Å². The maximum absolute atomic E-state index is 13.0. The van der Waals surface area contributed by atoms with Gasteiger partial charge in [-0.1, -0.05) is 12.1 Å². The van der Waals surface area contributed by atoms with Gasteiger partial charge in [-0.3, -0.25) is 10.2 Å². The minimum atomic E-state index is -0.251. The Hall–Kier alpha value is -3.68. The van der Waals surface area contributed by atoms with Gasteiger partial charge >= 0.3 is 6.03 Å². The Balaban J connectivity index is 1.46. The number of anilines is 4. The third-order valence-corrected chi connectivity index (χ3v) is 5.68. The summed E-state index contributed by atoms with van der Waals surface area (Å²) in [6, 6.07) is 13.9. The van der Waals surface area contributed by atoms with Crippen molar-refractivity contribution in [2.45, 2.75) is 19.3 Å². The number of carbonyl (C=O) groups is 1. The molecule has 158 valence electrons. The monoisotopic (exact) mass is 415 g/mol. The molecule has 2 amide bonds. The van der Waals surface area contributed by atoms with Crippen LogP contribution in [0.25, 0.3) is 11.3 Å². The normalized spacial score (nSPS) is 15.7. The van der Waals surface area contributed by atoms with E-state index in [-0.39, 0.29) is 6.03 Å². The maximum atomic E-state index is 13.0. The summed E-state index contributed by atoms with van der Waals surface area (Å²) in [6.07, 6.45) is 6.32. The fourth-order valence-corrected chi connectivity index (χ4v) is 4.10. The molecular weight excluding hydrogens is 390 g/mol. The van der Waals surface area contributed by atoms with Crippen molar-refractivity contribution in [1.29, 1.82) is 0 Å². The lowest BCUT2D eigenvalue weighted by Crippen LogP contribution is -2.36. The Morgan fingerprint density at radius 2 is 1.94 bits per heavy atom. The van der Waals surface area contributed by atoms with Gasteiger partial charge in [-0.05, 0) is 49.6 Å². The molecule has 2 N–H and O–H groups in total. The van der Waals surface area contributed by atoms with Gasteiger partial charge in [0.05, 0.1) is 11.4 Å². The molecule has 1 saturated heterocycles. The molecule has 31 heavy (non-hydrogen) atoms. The zero-order chi connectivity index (χ0) is 21.0. The van der Waals surface area contributed by atoms with Gasteiger partial charge in [0.25, 0.3) is 0 Å². The zero-order valence-electron chi connectivity index (χ0n) is 17.3. The molecule has 8 heteroatoms. The van der Waals surface area contributed by atoms with Crippen LogP contribution in [0.2, 0.25) is 0 Å². The second-order valence-electron chi connectivity index (χ2n) is 7.77. The molecule has 8 nitrogen and oxygen atoms in total. The molecule has 2 aliphatic rings. The third-order valence-electron chi connectivity index (χ3n) is 5.68. The van der Waals surface area contributed by atoms with E-state index in [0.29, 0.717) is 18.2 Å². The number of nitrogens with one attached hydrogen (secondary N) is 2. The first kappa shape index (κ1) is 19.3. The van der Waals surface area contributed by atoms with Crippen LogP contribution in [0, 0.1) is 0 Å². The maximum Gasteiger partial charge on any atom is 0.328 e. The summed E-state index contributed by atoms with van der Waals surface area (Å²) in [5, 5.41) is 6.24. The predicted octanol–water partition coefficient (Wildman–Crippen LogP) is 3.99. The van der Waals surface area contributed by atoms with E-state index in [1.54, 1.807) is 17.2 Å². The molecule has 0 bridgehead atoms. The van der Waals surface area contributed by atoms with Gasteiger partial charge < -0.3 is 10.2 Å². The van der Waals surface area contributed by atoms with E-state index < -0.39 is 0 Å². The molecule has 1 fully saturated rings. The SMILES string of the molecule is O=C(Nc1ccncn1)N1CCCNc2ccc(-c3cccc(N4CCCC4)c3)nc21. The van der Waals surface area contributed by atoms with E-state index in [0.717, 1.165) is 43.0 Å². The first-order valence-electron chi connectivity index (χ1n) is 10.7. The molecule has 0 unspecified atom stereocenters. The molecule has 2 aliphatic heterocycles. The average molecular weight is 416 g/mol. The Bertz CT molecular complexity index is 1070. The minimum Gasteiger partial charge on any atom is -0.382 e. The van der Waals surface area contributed by atoms with Crippen molar-refractivity contribution < 1.29 is 4.79 Å². The smallest absolute Gasteiger partial charge is 0.328 e. The molecule has 3 aromatic rings. The third kappa shape index (κ3) is 4.14. The van der Waals surface area contributed by atoms with E-state index in [1.807, 2.05) is 12.1 Å². The summed E-state index contributed by atoms with van der Waals surface area (Å²) < 4.78 is 0. The molecule has 1 aromatic carbocycles. The highest BCUT2D eigenvalue weighted by molar-refractivity contribution is 6.02. The molecule has 4 heterocycles. The van der Waals surface area contributed by atoms with Gasteiger partial charge in [-0.25, -0.2) is 19.7 Å². The number of hydrogen-bond donors (Lipinski definition) is 2. The highest BCUT2D eigenvalue weighted by Crippen LogP contribution is 2.32. The number of urea groups is 1. The fourth-order valence-electron chi connectivity index (χ4n) is 4.10. The number of amides is 2. The quantitative estimate of drug-likeness (QED) is 0.673. The summed E-state index contributed by atoms with van der Waals surface area (Å²) in [6.45, 7) is 3.56. The number of carbonyl (C=O) groups excluding carboxylic acids is 1. The van der Waals surface area contributed by atoms with E-state index in [1.165, 1.54) is 24.9 Å². The van der Waals surface area contributed by atoms with Crippen LogP contribution in [0.3, 0.4) is 0 Å². The van der Waals surface area contributed by atoms with Gasteiger partial charge in [0.15, 0.2) is 5.82 Å². The topological polar surface area (TPSA) is 86.3 Å². The Labute approximate surface area is 181 Å². The van der Waals surface area contributed by atoms with Crippen LogP contribution in [-0.2, 0) is 0 Å². The molecule has 0 radical (unpaired) electrons. The van der Waals surface area contributed by atoms with Gasteiger partial charge in [0.2, 0.25) is 0 Å². The first-order valence-corrected chi connectivity index (χ1v) is 10.7. The van der Waals surface area contributed by atoms with Crippen LogP contribution in [0.1, 0.15) is 19.3 Å². The lowest BCUT2D eigenvalue weighted by molar-refractivity contribution is 0.256. The molecule has 0 saturated carbocycles. The Morgan fingerprint density at radius 3 is 2.77 bits per heavy atom. The van der Waals surface area contributed by atoms with Crippen molar-refractivity contribution in [3.63, 3.8) is 0 Å². The lowest BCUT2D eigenvalue weighted by Gasteiger charge is -2.22. The van der Waals surface area contributed by atoms with E-state index in [4.69, 9.17) is 4.98 Å². The van der Waals surface area contributed by atoms with Crippen molar-refractivity contribution in [2.75, 3.05) is 46.6 Å². The number of nitrogens with zero attached hydrogens (tertiary/aromatic N) is 5. The van der Waals surface area contributed by atoms with Crippen LogP contribution in [0.15, 0.2) is 55.0 Å². The fraction of sp³-hybridized carbons (Fsp3) is 0.304. The van der Waals surface area contributed by atoms with Gasteiger partial charge in [0.1, 0.15) is 12.1 Å². The van der Waals surface area contributed by atoms with Gasteiger partial charge in [-0.2, -0.15) is 0 Å². The summed E-state index contributed by atoms with van der Waals surface area (Å²) in [5.41, 5.74) is 3.98. The number of fused-ring (bicyclic) bond motifs is 1. The van der Waals surface area contributed by atoms with Crippen LogP contribution in [0.5, 0.6) is 0 Å².